The number of halogens is 2. The Morgan fingerprint density at radius 2 is 2.10 bits per heavy atom. The lowest BCUT2D eigenvalue weighted by molar-refractivity contribution is 0.0185. The van der Waals surface area contributed by atoms with Gasteiger partial charge in [-0.3, -0.25) is 14.6 Å². The predicted octanol–water partition coefficient (Wildman–Crippen LogP) is 2.86. The van der Waals surface area contributed by atoms with Crippen molar-refractivity contribution in [2.75, 3.05) is 45.9 Å². The largest absolute Gasteiger partial charge is 0.379 e. The molecule has 1 aromatic rings. The van der Waals surface area contributed by atoms with E-state index in [0.717, 1.165) is 58.9 Å². The van der Waals surface area contributed by atoms with Gasteiger partial charge in [0.1, 0.15) is 0 Å². The van der Waals surface area contributed by atoms with Crippen LogP contribution in [-0.4, -0.2) is 67.6 Å². The van der Waals surface area contributed by atoms with Gasteiger partial charge in [-0.1, -0.05) is 0 Å². The molecule has 0 aliphatic carbocycles. The molecule has 7 heteroatoms. The van der Waals surface area contributed by atoms with Crippen LogP contribution in [0.1, 0.15) is 16.8 Å². The Morgan fingerprint density at radius 3 is 2.76 bits per heavy atom. The Morgan fingerprint density at radius 1 is 1.33 bits per heavy atom. The van der Waals surface area contributed by atoms with Crippen molar-refractivity contribution in [3.63, 3.8) is 0 Å². The molecule has 2 saturated heterocycles. The van der Waals surface area contributed by atoms with E-state index in [2.05, 4.69) is 41.7 Å². The number of Topliss-reactive ketones (excluding diaryl/α,β-unsaturated/α-hetero) is 1. The minimum atomic E-state index is 0.200. The number of rotatable bonds is 4. The molecule has 0 amide bonds. The maximum absolute atomic E-state index is 12.4. The fraction of sp³-hybridized carbons (Fsp3) is 0.643. The second-order valence-electron chi connectivity index (χ2n) is 5.49. The fourth-order valence-electron chi connectivity index (χ4n) is 3.02. The summed E-state index contributed by atoms with van der Waals surface area (Å²) in [5.41, 5.74) is 0.793. The van der Waals surface area contributed by atoms with Crippen molar-refractivity contribution in [3.8, 4) is 0 Å². The molecular formula is C14H18Br2N2O2S. The molecule has 1 unspecified atom stereocenters. The highest BCUT2D eigenvalue weighted by Gasteiger charge is 2.30. The van der Waals surface area contributed by atoms with Crippen LogP contribution in [0.15, 0.2) is 13.6 Å². The van der Waals surface area contributed by atoms with Gasteiger partial charge >= 0.3 is 0 Å². The molecule has 4 nitrogen and oxygen atoms in total. The monoisotopic (exact) mass is 436 g/mol. The van der Waals surface area contributed by atoms with Crippen LogP contribution >= 0.6 is 43.2 Å². The molecule has 0 spiro atoms. The molecular weight excluding hydrogens is 420 g/mol. The number of carbonyl (C=O) groups is 1. The van der Waals surface area contributed by atoms with Gasteiger partial charge in [-0.15, -0.1) is 11.3 Å². The van der Waals surface area contributed by atoms with Crippen LogP contribution in [0.4, 0.5) is 0 Å². The summed E-state index contributed by atoms with van der Waals surface area (Å²) in [5.74, 6) is 0.200. The molecule has 116 valence electrons. The van der Waals surface area contributed by atoms with E-state index in [1.54, 1.807) is 11.3 Å². The molecule has 1 atom stereocenters. The van der Waals surface area contributed by atoms with E-state index < -0.39 is 0 Å². The number of hydrogen-bond acceptors (Lipinski definition) is 5. The molecule has 3 heterocycles. The van der Waals surface area contributed by atoms with E-state index in [1.807, 2.05) is 6.07 Å². The van der Waals surface area contributed by atoms with Crippen LogP contribution in [0.5, 0.6) is 0 Å². The first-order chi connectivity index (χ1) is 10.1. The Balaban J connectivity index is 1.54. The van der Waals surface area contributed by atoms with Gasteiger partial charge < -0.3 is 4.74 Å². The normalized spacial score (nSPS) is 24.6. The lowest BCUT2D eigenvalue weighted by Crippen LogP contribution is -2.45. The number of likely N-dealkylation sites (tertiary alicyclic amines) is 1. The maximum atomic E-state index is 12.4. The third-order valence-electron chi connectivity index (χ3n) is 4.13. The summed E-state index contributed by atoms with van der Waals surface area (Å²) < 4.78 is 7.32. The van der Waals surface area contributed by atoms with Crippen LogP contribution < -0.4 is 0 Å². The topological polar surface area (TPSA) is 32.8 Å². The number of ketones is 1. The van der Waals surface area contributed by atoms with Crippen molar-refractivity contribution in [1.82, 2.24) is 9.80 Å². The number of morpholine rings is 1. The molecule has 0 bridgehead atoms. The Kier molecular flexibility index (Phi) is 5.50. The molecule has 2 aliphatic heterocycles. The zero-order valence-corrected chi connectivity index (χ0v) is 15.7. The summed E-state index contributed by atoms with van der Waals surface area (Å²) in [7, 11) is 0. The lowest BCUT2D eigenvalue weighted by Gasteiger charge is -2.32. The summed E-state index contributed by atoms with van der Waals surface area (Å²) >= 11 is 8.45. The van der Waals surface area contributed by atoms with Crippen LogP contribution in [-0.2, 0) is 4.74 Å². The third kappa shape index (κ3) is 3.95. The number of thiophene rings is 1. The van der Waals surface area contributed by atoms with E-state index in [9.17, 15) is 4.79 Å². The van der Waals surface area contributed by atoms with Gasteiger partial charge in [0, 0.05) is 37.8 Å². The van der Waals surface area contributed by atoms with Crippen molar-refractivity contribution < 1.29 is 9.53 Å². The maximum Gasteiger partial charge on any atom is 0.178 e. The second kappa shape index (κ2) is 7.19. The van der Waals surface area contributed by atoms with E-state index in [-0.39, 0.29) is 5.78 Å². The molecule has 0 N–H and O–H groups in total. The first-order valence-corrected chi connectivity index (χ1v) is 9.56. The summed E-state index contributed by atoms with van der Waals surface area (Å²) in [6.07, 6.45) is 1.15. The van der Waals surface area contributed by atoms with Gasteiger partial charge in [0.2, 0.25) is 0 Å². The van der Waals surface area contributed by atoms with E-state index in [4.69, 9.17) is 4.74 Å². The molecule has 2 fully saturated rings. The van der Waals surface area contributed by atoms with Crippen molar-refractivity contribution >= 4 is 49.0 Å². The highest BCUT2D eigenvalue weighted by Crippen LogP contribution is 2.32. The Hall–Kier alpha value is 0.210. The predicted molar refractivity (Wildman–Crippen MR) is 91.3 cm³/mol. The van der Waals surface area contributed by atoms with Crippen molar-refractivity contribution in [1.29, 1.82) is 0 Å². The van der Waals surface area contributed by atoms with Crippen LogP contribution in [0.3, 0.4) is 0 Å². The highest BCUT2D eigenvalue weighted by molar-refractivity contribution is 9.12. The van der Waals surface area contributed by atoms with E-state index in [0.29, 0.717) is 12.6 Å². The van der Waals surface area contributed by atoms with Gasteiger partial charge in [0.05, 0.1) is 27.3 Å². The van der Waals surface area contributed by atoms with Crippen molar-refractivity contribution in [2.24, 2.45) is 0 Å². The second-order valence-corrected chi connectivity index (χ2v) is 9.24. The average Bonchev–Trinajstić information content (AvgIpc) is 3.06. The molecule has 21 heavy (non-hydrogen) atoms. The average molecular weight is 438 g/mol. The lowest BCUT2D eigenvalue weighted by atomic mass is 10.2. The smallest absolute Gasteiger partial charge is 0.178 e. The highest BCUT2D eigenvalue weighted by atomic mass is 79.9. The van der Waals surface area contributed by atoms with Crippen LogP contribution in [0.2, 0.25) is 0 Å². The van der Waals surface area contributed by atoms with E-state index >= 15 is 0 Å². The zero-order chi connectivity index (χ0) is 14.8. The molecule has 0 aromatic carbocycles. The Labute approximate surface area is 145 Å². The fourth-order valence-corrected chi connectivity index (χ4v) is 5.87. The molecule has 3 rings (SSSR count). The standard InChI is InChI=1S/C14H18Br2N2O2S/c15-13-7-11(14(16)21-13)12(19)9-17-2-1-10(8-17)18-3-5-20-6-4-18/h7,10H,1-6,8-9H2. The Bertz CT molecular complexity index is 517. The quantitative estimate of drug-likeness (QED) is 0.678. The number of ether oxygens (including phenoxy) is 1. The molecule has 0 saturated carbocycles. The molecule has 2 aliphatic rings. The van der Waals surface area contributed by atoms with Gasteiger partial charge in [-0.25, -0.2) is 0 Å². The van der Waals surface area contributed by atoms with Crippen LogP contribution in [0, 0.1) is 0 Å². The summed E-state index contributed by atoms with van der Waals surface area (Å²) in [4.78, 5) is 17.2. The van der Waals surface area contributed by atoms with Crippen molar-refractivity contribution in [3.05, 3.63) is 19.2 Å². The van der Waals surface area contributed by atoms with Gasteiger partial charge in [-0.2, -0.15) is 0 Å². The number of hydrogen-bond donors (Lipinski definition) is 0. The van der Waals surface area contributed by atoms with Gasteiger partial charge in [0.15, 0.2) is 5.78 Å². The third-order valence-corrected chi connectivity index (χ3v) is 6.47. The van der Waals surface area contributed by atoms with E-state index in [1.165, 1.54) is 0 Å². The summed E-state index contributed by atoms with van der Waals surface area (Å²) in [6, 6.07) is 2.49. The summed E-state index contributed by atoms with van der Waals surface area (Å²) in [5, 5.41) is 0. The SMILES string of the molecule is O=C(CN1CCC(N2CCOCC2)C1)c1cc(Br)sc1Br. The minimum Gasteiger partial charge on any atom is -0.379 e. The summed E-state index contributed by atoms with van der Waals surface area (Å²) in [6.45, 7) is 6.25. The van der Waals surface area contributed by atoms with Gasteiger partial charge in [-0.05, 0) is 44.3 Å². The zero-order valence-electron chi connectivity index (χ0n) is 11.7. The first-order valence-electron chi connectivity index (χ1n) is 7.15. The number of carbonyl (C=O) groups excluding carboxylic acids is 1. The van der Waals surface area contributed by atoms with Crippen LogP contribution in [0.25, 0.3) is 0 Å². The first kappa shape index (κ1) is 16.1. The van der Waals surface area contributed by atoms with Gasteiger partial charge in [0.25, 0.3) is 0 Å². The minimum absolute atomic E-state index is 0.200. The molecule has 0 radical (unpaired) electrons. The van der Waals surface area contributed by atoms with Crippen molar-refractivity contribution in [2.45, 2.75) is 12.5 Å². The number of nitrogens with zero attached hydrogens (tertiary/aromatic N) is 2. The molecule has 1 aromatic heterocycles.